The highest BCUT2D eigenvalue weighted by Gasteiger charge is 2.22. The molecule has 0 fully saturated rings. The van der Waals surface area contributed by atoms with Gasteiger partial charge in [-0.25, -0.2) is 18.0 Å². The molecule has 2 aromatic rings. The highest BCUT2D eigenvalue weighted by atomic mass is 19.2. The second kappa shape index (κ2) is 5.93. The first-order chi connectivity index (χ1) is 10.3. The topological polar surface area (TPSA) is 49.3 Å². The fraction of sp³-hybridized carbons (Fsp3) is 0.0625. The summed E-state index contributed by atoms with van der Waals surface area (Å²) in [4.78, 5) is 11.2. The molecule has 0 spiro atoms. The van der Waals surface area contributed by atoms with Crippen LogP contribution in [-0.2, 0) is 0 Å². The van der Waals surface area contributed by atoms with Gasteiger partial charge >= 0.3 is 5.97 Å². The lowest BCUT2D eigenvalue weighted by Gasteiger charge is -2.14. The molecule has 0 aliphatic carbocycles. The van der Waals surface area contributed by atoms with Gasteiger partial charge in [-0.05, 0) is 30.7 Å². The van der Waals surface area contributed by atoms with Gasteiger partial charge in [0, 0.05) is 5.56 Å². The van der Waals surface area contributed by atoms with Crippen LogP contribution in [0.25, 0.3) is 6.08 Å². The minimum absolute atomic E-state index is 0.155. The third-order valence-corrected chi connectivity index (χ3v) is 3.07. The maximum atomic E-state index is 14.1. The zero-order valence-corrected chi connectivity index (χ0v) is 11.6. The van der Waals surface area contributed by atoms with E-state index >= 15 is 0 Å². The second-order valence-corrected chi connectivity index (χ2v) is 4.63. The Kier molecular flexibility index (Phi) is 4.21. The normalized spacial score (nSPS) is 10.4. The fourth-order valence-corrected chi connectivity index (χ4v) is 1.94. The van der Waals surface area contributed by atoms with Crippen molar-refractivity contribution in [3.05, 3.63) is 65.0 Å². The van der Waals surface area contributed by atoms with E-state index in [9.17, 15) is 18.0 Å². The number of benzene rings is 2. The van der Waals surface area contributed by atoms with Crippen LogP contribution in [0.5, 0.6) is 0 Å². The number of rotatable bonds is 4. The van der Waals surface area contributed by atoms with E-state index in [0.717, 1.165) is 12.1 Å². The molecule has 0 heterocycles. The summed E-state index contributed by atoms with van der Waals surface area (Å²) >= 11 is 0. The van der Waals surface area contributed by atoms with E-state index in [1.165, 1.54) is 12.1 Å². The summed E-state index contributed by atoms with van der Waals surface area (Å²) in [5.41, 5.74) is -0.968. The van der Waals surface area contributed by atoms with E-state index in [1.54, 1.807) is 13.0 Å². The number of anilines is 2. The van der Waals surface area contributed by atoms with Crippen molar-refractivity contribution in [2.24, 2.45) is 0 Å². The largest absolute Gasteiger partial charge is 0.478 e. The minimum atomic E-state index is -1.47. The van der Waals surface area contributed by atoms with Crippen LogP contribution in [0, 0.1) is 24.4 Å². The highest BCUT2D eigenvalue weighted by Crippen LogP contribution is 2.30. The van der Waals surface area contributed by atoms with Gasteiger partial charge < -0.3 is 10.4 Å². The molecule has 0 saturated heterocycles. The van der Waals surface area contributed by atoms with Crippen LogP contribution >= 0.6 is 0 Å². The third kappa shape index (κ3) is 2.81. The van der Waals surface area contributed by atoms with E-state index in [0.29, 0.717) is 5.56 Å². The van der Waals surface area contributed by atoms with E-state index in [4.69, 9.17) is 5.11 Å². The van der Waals surface area contributed by atoms with Crippen LogP contribution in [0.4, 0.5) is 24.5 Å². The summed E-state index contributed by atoms with van der Waals surface area (Å²) in [6.07, 6.45) is 1.00. The predicted molar refractivity (Wildman–Crippen MR) is 77.8 cm³/mol. The van der Waals surface area contributed by atoms with Gasteiger partial charge in [0.2, 0.25) is 0 Å². The Morgan fingerprint density at radius 1 is 1.23 bits per heavy atom. The molecule has 2 aromatic carbocycles. The number of halogens is 3. The molecule has 0 aliphatic heterocycles. The van der Waals surface area contributed by atoms with Crippen LogP contribution in [0.1, 0.15) is 21.5 Å². The average Bonchev–Trinajstić information content (AvgIpc) is 2.46. The first kappa shape index (κ1) is 15.6. The minimum Gasteiger partial charge on any atom is -0.478 e. The molecule has 0 unspecified atom stereocenters. The average molecular weight is 307 g/mol. The van der Waals surface area contributed by atoms with Gasteiger partial charge in [0.05, 0.1) is 16.9 Å². The maximum absolute atomic E-state index is 14.1. The Labute approximate surface area is 124 Å². The molecular weight excluding hydrogens is 295 g/mol. The lowest BCUT2D eigenvalue weighted by molar-refractivity contribution is 0.0697. The lowest BCUT2D eigenvalue weighted by atomic mass is 10.1. The molecule has 0 aliphatic rings. The molecule has 0 bridgehead atoms. The Bertz CT molecular complexity index is 772. The third-order valence-electron chi connectivity index (χ3n) is 3.07. The Balaban J connectivity index is 2.61. The summed E-state index contributed by atoms with van der Waals surface area (Å²) in [5.74, 6) is -4.84. The molecule has 114 valence electrons. The Hall–Kier alpha value is -2.76. The monoisotopic (exact) mass is 307 g/mol. The van der Waals surface area contributed by atoms with Crippen molar-refractivity contribution < 1.29 is 23.1 Å². The van der Waals surface area contributed by atoms with Crippen molar-refractivity contribution in [1.82, 2.24) is 0 Å². The lowest BCUT2D eigenvalue weighted by Crippen LogP contribution is -2.09. The van der Waals surface area contributed by atoms with Gasteiger partial charge in [-0.15, -0.1) is 0 Å². The smallest absolute Gasteiger partial charge is 0.337 e. The van der Waals surface area contributed by atoms with Gasteiger partial charge in [0.15, 0.2) is 11.6 Å². The number of aryl methyl sites for hydroxylation is 1. The first-order valence-corrected chi connectivity index (χ1v) is 6.26. The van der Waals surface area contributed by atoms with Crippen molar-refractivity contribution in [3.8, 4) is 0 Å². The zero-order chi connectivity index (χ0) is 16.4. The van der Waals surface area contributed by atoms with E-state index < -0.39 is 34.7 Å². The zero-order valence-electron chi connectivity index (χ0n) is 11.6. The van der Waals surface area contributed by atoms with Crippen LogP contribution in [0.2, 0.25) is 0 Å². The molecule has 3 nitrogen and oxygen atoms in total. The van der Waals surface area contributed by atoms with Crippen molar-refractivity contribution in [3.63, 3.8) is 0 Å². The molecule has 0 saturated carbocycles. The van der Waals surface area contributed by atoms with Gasteiger partial charge in [-0.1, -0.05) is 18.7 Å². The summed E-state index contributed by atoms with van der Waals surface area (Å²) < 4.78 is 41.7. The molecule has 0 radical (unpaired) electrons. The quantitative estimate of drug-likeness (QED) is 0.874. The van der Waals surface area contributed by atoms with Crippen molar-refractivity contribution >= 4 is 23.4 Å². The van der Waals surface area contributed by atoms with Gasteiger partial charge in [0.1, 0.15) is 5.82 Å². The Morgan fingerprint density at radius 3 is 2.45 bits per heavy atom. The van der Waals surface area contributed by atoms with Crippen LogP contribution < -0.4 is 5.32 Å². The van der Waals surface area contributed by atoms with Crippen molar-refractivity contribution in [2.45, 2.75) is 6.92 Å². The van der Waals surface area contributed by atoms with Gasteiger partial charge in [-0.3, -0.25) is 0 Å². The summed E-state index contributed by atoms with van der Waals surface area (Å²) in [5, 5.41) is 11.4. The predicted octanol–water partition coefficient (Wildman–Crippen LogP) is 4.50. The maximum Gasteiger partial charge on any atom is 0.337 e. The van der Waals surface area contributed by atoms with Crippen LogP contribution in [0.15, 0.2) is 30.8 Å². The van der Waals surface area contributed by atoms with Crippen molar-refractivity contribution in [1.29, 1.82) is 0 Å². The number of carbonyl (C=O) groups is 1. The molecule has 0 amide bonds. The van der Waals surface area contributed by atoms with E-state index in [-0.39, 0.29) is 11.3 Å². The molecule has 0 aromatic heterocycles. The SMILES string of the molecule is C=Cc1cc(C(=O)O)c(Nc2ccc(C)cc2F)c(F)c1F. The summed E-state index contributed by atoms with van der Waals surface area (Å²) in [6, 6.07) is 4.99. The fourth-order valence-electron chi connectivity index (χ4n) is 1.94. The number of carboxylic acid groups (broad SMARTS) is 1. The standard InChI is InChI=1S/C16H12F3NO2/c1-3-9-7-10(16(21)22)15(14(19)13(9)18)20-12-5-4-8(2)6-11(12)17/h3-7,20H,1H2,2H3,(H,21,22). The molecular formula is C16H12F3NO2. The van der Waals surface area contributed by atoms with E-state index in [2.05, 4.69) is 11.9 Å². The number of carboxylic acids is 1. The Morgan fingerprint density at radius 2 is 1.91 bits per heavy atom. The van der Waals surface area contributed by atoms with Gasteiger partial charge in [0.25, 0.3) is 0 Å². The number of hydrogen-bond donors (Lipinski definition) is 2. The van der Waals surface area contributed by atoms with Crippen LogP contribution in [0.3, 0.4) is 0 Å². The summed E-state index contributed by atoms with van der Waals surface area (Å²) in [7, 11) is 0. The molecule has 0 atom stereocenters. The molecule has 2 rings (SSSR count). The number of aromatic carboxylic acids is 1. The van der Waals surface area contributed by atoms with Gasteiger partial charge in [-0.2, -0.15) is 0 Å². The summed E-state index contributed by atoms with van der Waals surface area (Å²) in [6.45, 7) is 4.95. The number of hydrogen-bond acceptors (Lipinski definition) is 2. The van der Waals surface area contributed by atoms with E-state index in [1.807, 2.05) is 0 Å². The molecule has 22 heavy (non-hydrogen) atoms. The second-order valence-electron chi connectivity index (χ2n) is 4.63. The highest BCUT2D eigenvalue weighted by molar-refractivity contribution is 5.96. The number of nitrogens with one attached hydrogen (secondary N) is 1. The first-order valence-electron chi connectivity index (χ1n) is 6.26. The van der Waals surface area contributed by atoms with Crippen LogP contribution in [-0.4, -0.2) is 11.1 Å². The van der Waals surface area contributed by atoms with Crippen molar-refractivity contribution in [2.75, 3.05) is 5.32 Å². The molecule has 6 heteroatoms. The molecule has 2 N–H and O–H groups in total.